The second kappa shape index (κ2) is 9.76. The van der Waals surface area contributed by atoms with Crippen molar-refractivity contribution in [3.8, 4) is 17.2 Å². The van der Waals surface area contributed by atoms with Gasteiger partial charge in [-0.1, -0.05) is 29.3 Å². The molecule has 25 heavy (non-hydrogen) atoms. The number of methoxy groups -OCH3 is 1. The number of hydrogen-bond donors (Lipinski definition) is 0. The summed E-state index contributed by atoms with van der Waals surface area (Å²) in [7, 11) is 1.62. The Morgan fingerprint density at radius 3 is 2.24 bits per heavy atom. The van der Waals surface area contributed by atoms with Gasteiger partial charge in [0.25, 0.3) is 0 Å². The van der Waals surface area contributed by atoms with Crippen LogP contribution in [0.25, 0.3) is 0 Å². The molecule has 4 nitrogen and oxygen atoms in total. The first-order valence-electron chi connectivity index (χ1n) is 7.95. The van der Waals surface area contributed by atoms with Gasteiger partial charge in [0.1, 0.15) is 19.0 Å². The molecule has 6 heteroatoms. The van der Waals surface area contributed by atoms with Crippen LogP contribution < -0.4 is 14.2 Å². The summed E-state index contributed by atoms with van der Waals surface area (Å²) in [5.74, 6) is 2.06. The summed E-state index contributed by atoms with van der Waals surface area (Å²) in [6.45, 7) is 5.62. The van der Waals surface area contributed by atoms with E-state index < -0.39 is 0 Å². The molecule has 0 aliphatic carbocycles. The molecule has 2 aromatic rings. The molecule has 0 heterocycles. The average Bonchev–Trinajstić information content (AvgIpc) is 2.56. The van der Waals surface area contributed by atoms with Crippen molar-refractivity contribution in [1.29, 1.82) is 0 Å². The second-order valence-corrected chi connectivity index (χ2v) is 6.34. The maximum absolute atomic E-state index is 6.12. The van der Waals surface area contributed by atoms with Crippen LogP contribution in [0.15, 0.2) is 30.3 Å². The van der Waals surface area contributed by atoms with Crippen LogP contribution in [0.3, 0.4) is 0 Å². The van der Waals surface area contributed by atoms with Crippen LogP contribution in [0.1, 0.15) is 11.1 Å². The predicted octanol–water partition coefficient (Wildman–Crippen LogP) is 5.09. The third-order valence-electron chi connectivity index (χ3n) is 3.47. The lowest BCUT2D eigenvalue weighted by Crippen LogP contribution is -2.12. The third-order valence-corrected chi connectivity index (χ3v) is 3.97. The largest absolute Gasteiger partial charge is 0.493 e. The van der Waals surface area contributed by atoms with Gasteiger partial charge < -0.3 is 18.9 Å². The molecular weight excluding hydrogens is 363 g/mol. The summed E-state index contributed by atoms with van der Waals surface area (Å²) in [6.07, 6.45) is 0. The van der Waals surface area contributed by atoms with Crippen LogP contribution in [0.2, 0.25) is 10.0 Å². The number of hydrogen-bond acceptors (Lipinski definition) is 4. The van der Waals surface area contributed by atoms with E-state index in [1.54, 1.807) is 13.2 Å². The highest BCUT2D eigenvalue weighted by atomic mass is 35.5. The fourth-order valence-electron chi connectivity index (χ4n) is 2.28. The van der Waals surface area contributed by atoms with Crippen LogP contribution in [0, 0.1) is 13.8 Å². The van der Waals surface area contributed by atoms with Gasteiger partial charge in [-0.3, -0.25) is 0 Å². The zero-order chi connectivity index (χ0) is 18.2. The summed E-state index contributed by atoms with van der Waals surface area (Å²) in [5.41, 5.74) is 2.01. The minimum atomic E-state index is 0.399. The molecule has 2 aromatic carbocycles. The lowest BCUT2D eigenvalue weighted by atomic mass is 10.2. The van der Waals surface area contributed by atoms with E-state index in [2.05, 4.69) is 0 Å². The Kier molecular flexibility index (Phi) is 7.69. The van der Waals surface area contributed by atoms with Gasteiger partial charge in [-0.2, -0.15) is 0 Å². The van der Waals surface area contributed by atoms with Crippen LogP contribution in [0.5, 0.6) is 17.2 Å². The Bertz CT molecular complexity index is 681. The van der Waals surface area contributed by atoms with Crippen LogP contribution in [-0.2, 0) is 4.74 Å². The van der Waals surface area contributed by atoms with E-state index >= 15 is 0 Å². The predicted molar refractivity (Wildman–Crippen MR) is 101 cm³/mol. The van der Waals surface area contributed by atoms with Gasteiger partial charge in [-0.05, 0) is 49.2 Å². The van der Waals surface area contributed by atoms with Crippen molar-refractivity contribution in [2.24, 2.45) is 0 Å². The van der Waals surface area contributed by atoms with Gasteiger partial charge in [0, 0.05) is 5.02 Å². The molecule has 0 N–H and O–H groups in total. The normalized spacial score (nSPS) is 10.6. The molecular formula is C19H22Cl2O4. The van der Waals surface area contributed by atoms with Gasteiger partial charge >= 0.3 is 0 Å². The van der Waals surface area contributed by atoms with E-state index in [1.807, 2.05) is 38.1 Å². The minimum absolute atomic E-state index is 0.399. The Hall–Kier alpha value is -1.62. The van der Waals surface area contributed by atoms with Crippen LogP contribution in [0.4, 0.5) is 0 Å². The second-order valence-electron chi connectivity index (χ2n) is 5.50. The highest BCUT2D eigenvalue weighted by molar-refractivity contribution is 6.35. The van der Waals surface area contributed by atoms with E-state index in [9.17, 15) is 0 Å². The van der Waals surface area contributed by atoms with E-state index in [0.717, 1.165) is 16.9 Å². The summed E-state index contributed by atoms with van der Waals surface area (Å²) < 4.78 is 22.1. The van der Waals surface area contributed by atoms with Gasteiger partial charge in [-0.25, -0.2) is 0 Å². The molecule has 0 fully saturated rings. The first-order valence-corrected chi connectivity index (χ1v) is 8.70. The number of benzene rings is 2. The molecule has 0 saturated carbocycles. The monoisotopic (exact) mass is 384 g/mol. The van der Waals surface area contributed by atoms with Crippen molar-refractivity contribution in [3.05, 3.63) is 51.5 Å². The number of ether oxygens (including phenoxy) is 4. The summed E-state index contributed by atoms with van der Waals surface area (Å²) in [5, 5.41) is 1.09. The van der Waals surface area contributed by atoms with Crippen molar-refractivity contribution in [2.75, 3.05) is 33.5 Å². The molecule has 0 atom stereocenters. The van der Waals surface area contributed by atoms with Crippen molar-refractivity contribution in [2.45, 2.75) is 13.8 Å². The highest BCUT2D eigenvalue weighted by Gasteiger charge is 2.07. The zero-order valence-corrected chi connectivity index (χ0v) is 16.1. The van der Waals surface area contributed by atoms with E-state index in [-0.39, 0.29) is 0 Å². The zero-order valence-electron chi connectivity index (χ0n) is 14.6. The molecule has 0 aliphatic heterocycles. The smallest absolute Gasteiger partial charge is 0.161 e. The van der Waals surface area contributed by atoms with E-state index in [4.69, 9.17) is 42.1 Å². The van der Waals surface area contributed by atoms with Gasteiger partial charge in [0.15, 0.2) is 11.5 Å². The summed E-state index contributed by atoms with van der Waals surface area (Å²) >= 11 is 12.1. The molecule has 0 amide bonds. The molecule has 0 aromatic heterocycles. The fourth-order valence-corrected chi connectivity index (χ4v) is 2.93. The molecule has 0 bridgehead atoms. The Morgan fingerprint density at radius 1 is 0.840 bits per heavy atom. The maximum atomic E-state index is 6.12. The van der Waals surface area contributed by atoms with Crippen molar-refractivity contribution < 1.29 is 18.9 Å². The van der Waals surface area contributed by atoms with Gasteiger partial charge in [0.2, 0.25) is 0 Å². The van der Waals surface area contributed by atoms with Crippen molar-refractivity contribution >= 4 is 23.2 Å². The number of aryl methyl sites for hydroxylation is 2. The molecule has 0 aliphatic rings. The number of rotatable bonds is 9. The van der Waals surface area contributed by atoms with Crippen molar-refractivity contribution in [1.82, 2.24) is 0 Å². The third kappa shape index (κ3) is 5.99. The minimum Gasteiger partial charge on any atom is -0.493 e. The molecule has 0 unspecified atom stereocenters. The molecule has 0 saturated heterocycles. The highest BCUT2D eigenvalue weighted by Crippen LogP contribution is 2.31. The summed E-state index contributed by atoms with van der Waals surface area (Å²) in [6, 6.07) is 9.27. The Labute approximate surface area is 158 Å². The maximum Gasteiger partial charge on any atom is 0.161 e. The lowest BCUT2D eigenvalue weighted by molar-refractivity contribution is 0.0756. The molecule has 0 radical (unpaired) electrons. The fraction of sp³-hybridized carbons (Fsp3) is 0.368. The number of halogens is 2. The Balaban J connectivity index is 1.68. The first kappa shape index (κ1) is 19.7. The van der Waals surface area contributed by atoms with E-state index in [0.29, 0.717) is 48.0 Å². The molecule has 0 spiro atoms. The average molecular weight is 385 g/mol. The summed E-state index contributed by atoms with van der Waals surface area (Å²) in [4.78, 5) is 0. The lowest BCUT2D eigenvalue weighted by Gasteiger charge is -2.13. The van der Waals surface area contributed by atoms with Gasteiger partial charge in [0.05, 0.1) is 25.3 Å². The van der Waals surface area contributed by atoms with Gasteiger partial charge in [-0.15, -0.1) is 0 Å². The first-order chi connectivity index (χ1) is 12.0. The quantitative estimate of drug-likeness (QED) is 0.564. The Morgan fingerprint density at radius 2 is 1.56 bits per heavy atom. The van der Waals surface area contributed by atoms with E-state index in [1.165, 1.54) is 0 Å². The standard InChI is InChI=1S/C19H22Cl2O4/c1-13-4-5-17(18(10-13)22-3)24-8-6-23-7-9-25-19-14(2)11-15(20)12-16(19)21/h4-5,10-12H,6-9H2,1-3H3. The van der Waals surface area contributed by atoms with Crippen molar-refractivity contribution in [3.63, 3.8) is 0 Å². The SMILES string of the molecule is COc1cc(C)ccc1OCCOCCOc1c(C)cc(Cl)cc1Cl. The molecule has 2 rings (SSSR count). The topological polar surface area (TPSA) is 36.9 Å². The van der Waals surface area contributed by atoms with Crippen LogP contribution >= 0.6 is 23.2 Å². The molecule has 136 valence electrons. The van der Waals surface area contributed by atoms with Crippen LogP contribution in [-0.4, -0.2) is 33.5 Å².